The summed E-state index contributed by atoms with van der Waals surface area (Å²) in [5.74, 6) is -1.64. The molecule has 20 heavy (non-hydrogen) atoms. The highest BCUT2D eigenvalue weighted by atomic mass is 32.2. The molecule has 3 N–H and O–H groups in total. The molecule has 1 aromatic carbocycles. The molecule has 1 amide bonds. The summed E-state index contributed by atoms with van der Waals surface area (Å²) in [7, 11) is -3.70. The Morgan fingerprint density at radius 1 is 1.20 bits per heavy atom. The first-order valence-electron chi connectivity index (χ1n) is 5.97. The molecule has 0 saturated heterocycles. The maximum atomic E-state index is 11.9. The zero-order valence-electron chi connectivity index (χ0n) is 10.9. The van der Waals surface area contributed by atoms with Crippen molar-refractivity contribution in [3.63, 3.8) is 0 Å². The van der Waals surface area contributed by atoms with E-state index in [-0.39, 0.29) is 30.0 Å². The third kappa shape index (κ3) is 4.63. The van der Waals surface area contributed by atoms with Crippen LogP contribution in [0.5, 0.6) is 0 Å². The smallest absolute Gasteiger partial charge is 0.303 e. The average Bonchev–Trinajstić information content (AvgIpc) is 2.37. The molecule has 0 fully saturated rings. The predicted molar refractivity (Wildman–Crippen MR) is 72.8 cm³/mol. The Morgan fingerprint density at radius 3 is 2.45 bits per heavy atom. The first-order valence-corrected chi connectivity index (χ1v) is 7.45. The Kier molecular flexibility index (Phi) is 5.66. The maximum absolute atomic E-state index is 11.9. The van der Waals surface area contributed by atoms with Crippen LogP contribution in [0.3, 0.4) is 0 Å². The van der Waals surface area contributed by atoms with Gasteiger partial charge in [0.25, 0.3) is 0 Å². The lowest BCUT2D eigenvalue weighted by molar-refractivity contribution is -0.138. The Bertz CT molecular complexity index is 598. The molecule has 0 heterocycles. The molecule has 0 aromatic heterocycles. The van der Waals surface area contributed by atoms with Gasteiger partial charge in [-0.2, -0.15) is 0 Å². The summed E-state index contributed by atoms with van der Waals surface area (Å²) < 4.78 is 26.2. The maximum Gasteiger partial charge on any atom is 0.303 e. The molecule has 0 unspecified atom stereocenters. The molecule has 0 spiro atoms. The number of carboxylic acids is 1. The van der Waals surface area contributed by atoms with Crippen LogP contribution in [-0.2, 0) is 19.6 Å². The van der Waals surface area contributed by atoms with Crippen molar-refractivity contribution >= 4 is 27.6 Å². The van der Waals surface area contributed by atoms with Gasteiger partial charge in [-0.3, -0.25) is 9.59 Å². The molecule has 7 nitrogen and oxygen atoms in total. The van der Waals surface area contributed by atoms with Crippen molar-refractivity contribution in [2.75, 3.05) is 11.9 Å². The number of para-hydroxylation sites is 1. The van der Waals surface area contributed by atoms with Gasteiger partial charge in [-0.25, -0.2) is 13.1 Å². The SMILES string of the molecule is CCNS(=O)(=O)c1ccccc1NC(=O)CCC(=O)O. The monoisotopic (exact) mass is 300 g/mol. The van der Waals surface area contributed by atoms with E-state index in [2.05, 4.69) is 10.0 Å². The molecular formula is C12H16N2O5S. The van der Waals surface area contributed by atoms with E-state index >= 15 is 0 Å². The molecule has 0 aliphatic carbocycles. The molecule has 0 aliphatic heterocycles. The minimum absolute atomic E-state index is 0.0504. The minimum atomic E-state index is -3.70. The summed E-state index contributed by atoms with van der Waals surface area (Å²) >= 11 is 0. The fourth-order valence-corrected chi connectivity index (χ4v) is 2.71. The van der Waals surface area contributed by atoms with Crippen LogP contribution in [-0.4, -0.2) is 31.9 Å². The van der Waals surface area contributed by atoms with Gasteiger partial charge in [-0.1, -0.05) is 19.1 Å². The van der Waals surface area contributed by atoms with Crippen molar-refractivity contribution in [1.82, 2.24) is 4.72 Å². The van der Waals surface area contributed by atoms with Crippen LogP contribution in [0.25, 0.3) is 0 Å². The second-order valence-corrected chi connectivity index (χ2v) is 5.67. The summed E-state index contributed by atoms with van der Waals surface area (Å²) in [6.45, 7) is 1.87. The first kappa shape index (κ1) is 16.1. The van der Waals surface area contributed by atoms with Crippen LogP contribution >= 0.6 is 0 Å². The number of nitrogens with one attached hydrogen (secondary N) is 2. The first-order chi connectivity index (χ1) is 9.36. The summed E-state index contributed by atoms with van der Waals surface area (Å²) in [5.41, 5.74) is 0.129. The standard InChI is InChI=1S/C12H16N2O5S/c1-2-13-20(18,19)10-6-4-3-5-9(10)14-11(15)7-8-12(16)17/h3-6,13H,2,7-8H2,1H3,(H,14,15)(H,16,17). The number of amides is 1. The number of carbonyl (C=O) groups is 2. The third-order valence-electron chi connectivity index (χ3n) is 2.35. The number of hydrogen-bond acceptors (Lipinski definition) is 4. The van der Waals surface area contributed by atoms with Gasteiger partial charge >= 0.3 is 5.97 Å². The lowest BCUT2D eigenvalue weighted by atomic mass is 10.2. The Labute approximate surface area is 117 Å². The predicted octanol–water partition coefficient (Wildman–Crippen LogP) is 0.788. The number of rotatable bonds is 7. The van der Waals surface area contributed by atoms with E-state index in [1.54, 1.807) is 13.0 Å². The molecule has 110 valence electrons. The topological polar surface area (TPSA) is 113 Å². The minimum Gasteiger partial charge on any atom is -0.481 e. The van der Waals surface area contributed by atoms with Gasteiger partial charge in [0.1, 0.15) is 4.90 Å². The molecule has 0 saturated carbocycles. The van der Waals surface area contributed by atoms with Crippen LogP contribution in [0.15, 0.2) is 29.2 Å². The van der Waals surface area contributed by atoms with E-state index < -0.39 is 21.9 Å². The fourth-order valence-electron chi connectivity index (χ4n) is 1.51. The van der Waals surface area contributed by atoms with E-state index in [4.69, 9.17) is 5.11 Å². The average molecular weight is 300 g/mol. The summed E-state index contributed by atoms with van der Waals surface area (Å²) in [6, 6.07) is 5.93. The van der Waals surface area contributed by atoms with Gasteiger partial charge < -0.3 is 10.4 Å². The number of carbonyl (C=O) groups excluding carboxylic acids is 1. The molecule has 1 aromatic rings. The second kappa shape index (κ2) is 7.01. The number of carboxylic acid groups (broad SMARTS) is 1. The third-order valence-corrected chi connectivity index (χ3v) is 3.95. The van der Waals surface area contributed by atoms with Gasteiger partial charge in [0, 0.05) is 13.0 Å². The Hall–Kier alpha value is -1.93. The quantitative estimate of drug-likeness (QED) is 0.689. The highest BCUT2D eigenvalue weighted by molar-refractivity contribution is 7.89. The van der Waals surface area contributed by atoms with E-state index in [1.165, 1.54) is 18.2 Å². The summed E-state index contributed by atoms with van der Waals surface area (Å²) in [4.78, 5) is 21.9. The second-order valence-electron chi connectivity index (χ2n) is 3.94. The molecule has 1 rings (SSSR count). The Morgan fingerprint density at radius 2 is 1.85 bits per heavy atom. The van der Waals surface area contributed by atoms with Crippen LogP contribution in [0.2, 0.25) is 0 Å². The molecule has 0 radical (unpaired) electrons. The fraction of sp³-hybridized carbons (Fsp3) is 0.333. The van der Waals surface area contributed by atoms with Crippen LogP contribution in [0, 0.1) is 0 Å². The normalized spacial score (nSPS) is 11.1. The Balaban J connectivity index is 2.91. The highest BCUT2D eigenvalue weighted by Crippen LogP contribution is 2.20. The van der Waals surface area contributed by atoms with Crippen molar-refractivity contribution in [3.8, 4) is 0 Å². The summed E-state index contributed by atoms with van der Waals surface area (Å²) in [6.07, 6.45) is -0.529. The summed E-state index contributed by atoms with van der Waals surface area (Å²) in [5, 5.41) is 10.9. The molecule has 8 heteroatoms. The van der Waals surface area contributed by atoms with Gasteiger partial charge in [0.15, 0.2) is 0 Å². The number of anilines is 1. The lowest BCUT2D eigenvalue weighted by Gasteiger charge is -2.11. The van der Waals surface area contributed by atoms with E-state index in [9.17, 15) is 18.0 Å². The van der Waals surface area contributed by atoms with Gasteiger partial charge in [0.2, 0.25) is 15.9 Å². The van der Waals surface area contributed by atoms with Crippen LogP contribution in [0.4, 0.5) is 5.69 Å². The van der Waals surface area contributed by atoms with Gasteiger partial charge in [0.05, 0.1) is 12.1 Å². The van der Waals surface area contributed by atoms with Crippen molar-refractivity contribution in [2.45, 2.75) is 24.7 Å². The zero-order chi connectivity index (χ0) is 15.2. The van der Waals surface area contributed by atoms with Crippen molar-refractivity contribution in [3.05, 3.63) is 24.3 Å². The van der Waals surface area contributed by atoms with E-state index in [0.717, 1.165) is 0 Å². The molecular weight excluding hydrogens is 284 g/mol. The number of aliphatic carboxylic acids is 1. The molecule has 0 atom stereocenters. The van der Waals surface area contributed by atoms with Crippen molar-refractivity contribution in [2.24, 2.45) is 0 Å². The van der Waals surface area contributed by atoms with Gasteiger partial charge in [-0.05, 0) is 12.1 Å². The number of sulfonamides is 1. The van der Waals surface area contributed by atoms with Crippen molar-refractivity contribution < 1.29 is 23.1 Å². The number of benzene rings is 1. The zero-order valence-corrected chi connectivity index (χ0v) is 11.7. The largest absolute Gasteiger partial charge is 0.481 e. The molecule has 0 aliphatic rings. The van der Waals surface area contributed by atoms with E-state index in [1.807, 2.05) is 0 Å². The number of hydrogen-bond donors (Lipinski definition) is 3. The molecule has 0 bridgehead atoms. The van der Waals surface area contributed by atoms with Crippen LogP contribution < -0.4 is 10.0 Å². The van der Waals surface area contributed by atoms with Crippen LogP contribution in [0.1, 0.15) is 19.8 Å². The van der Waals surface area contributed by atoms with Gasteiger partial charge in [-0.15, -0.1) is 0 Å². The van der Waals surface area contributed by atoms with Crippen molar-refractivity contribution in [1.29, 1.82) is 0 Å². The van der Waals surface area contributed by atoms with E-state index in [0.29, 0.717) is 0 Å². The lowest BCUT2D eigenvalue weighted by Crippen LogP contribution is -2.25. The highest BCUT2D eigenvalue weighted by Gasteiger charge is 2.18.